The Morgan fingerprint density at radius 1 is 1.44 bits per heavy atom. The zero-order valence-corrected chi connectivity index (χ0v) is 10.6. The van der Waals surface area contributed by atoms with Crippen LogP contribution in [0, 0.1) is 0 Å². The summed E-state index contributed by atoms with van der Waals surface area (Å²) in [5.74, 6) is -0.495. The number of esters is 1. The number of hydrogen-bond acceptors (Lipinski definition) is 4. The molecule has 6 nitrogen and oxygen atoms in total. The molecule has 2 heterocycles. The van der Waals surface area contributed by atoms with E-state index in [0.29, 0.717) is 18.5 Å². The van der Waals surface area contributed by atoms with Crippen molar-refractivity contribution in [3.05, 3.63) is 18.0 Å². The van der Waals surface area contributed by atoms with Crippen molar-refractivity contribution in [2.45, 2.75) is 25.3 Å². The van der Waals surface area contributed by atoms with E-state index >= 15 is 0 Å². The number of aromatic nitrogens is 2. The second kappa shape index (κ2) is 5.20. The summed E-state index contributed by atoms with van der Waals surface area (Å²) in [6.45, 7) is 0.591. The lowest BCUT2D eigenvalue weighted by molar-refractivity contribution is -0.147. The highest BCUT2D eigenvalue weighted by atomic mass is 16.5. The summed E-state index contributed by atoms with van der Waals surface area (Å²) < 4.78 is 6.33. The highest BCUT2D eigenvalue weighted by Gasteiger charge is 2.33. The number of carbonyl (C=O) groups is 2. The lowest BCUT2D eigenvalue weighted by Crippen LogP contribution is -2.48. The summed E-state index contributed by atoms with van der Waals surface area (Å²) >= 11 is 0. The molecule has 0 radical (unpaired) electrons. The Bertz CT molecular complexity index is 455. The van der Waals surface area contributed by atoms with Gasteiger partial charge >= 0.3 is 5.97 Å². The van der Waals surface area contributed by atoms with Gasteiger partial charge in [0.2, 0.25) is 0 Å². The van der Waals surface area contributed by atoms with E-state index in [1.165, 1.54) is 13.3 Å². The molecule has 0 spiro atoms. The van der Waals surface area contributed by atoms with Gasteiger partial charge < -0.3 is 9.64 Å². The molecule has 0 bridgehead atoms. The second-order valence-electron chi connectivity index (χ2n) is 4.44. The molecule has 98 valence electrons. The van der Waals surface area contributed by atoms with Crippen LogP contribution in [0.1, 0.15) is 29.6 Å². The summed E-state index contributed by atoms with van der Waals surface area (Å²) in [5, 5.41) is 3.98. The Balaban J connectivity index is 2.18. The van der Waals surface area contributed by atoms with Gasteiger partial charge in [-0.25, -0.2) is 4.79 Å². The van der Waals surface area contributed by atoms with Crippen LogP contribution in [0.2, 0.25) is 0 Å². The maximum absolute atomic E-state index is 12.3. The van der Waals surface area contributed by atoms with Crippen LogP contribution in [0.5, 0.6) is 0 Å². The summed E-state index contributed by atoms with van der Waals surface area (Å²) in [5.41, 5.74) is 0.508. The second-order valence-corrected chi connectivity index (χ2v) is 4.44. The lowest BCUT2D eigenvalue weighted by Gasteiger charge is -2.33. The van der Waals surface area contributed by atoms with E-state index in [1.54, 1.807) is 22.8 Å². The molecular weight excluding hydrogens is 234 g/mol. The van der Waals surface area contributed by atoms with Gasteiger partial charge in [-0.2, -0.15) is 5.10 Å². The fourth-order valence-corrected chi connectivity index (χ4v) is 2.25. The Morgan fingerprint density at radius 3 is 2.83 bits per heavy atom. The molecule has 18 heavy (non-hydrogen) atoms. The van der Waals surface area contributed by atoms with Crippen LogP contribution in [0.25, 0.3) is 0 Å². The zero-order valence-electron chi connectivity index (χ0n) is 10.6. The number of aryl methyl sites for hydroxylation is 1. The Kier molecular flexibility index (Phi) is 3.64. The molecule has 0 aliphatic carbocycles. The van der Waals surface area contributed by atoms with Crippen LogP contribution >= 0.6 is 0 Å². The zero-order chi connectivity index (χ0) is 13.1. The van der Waals surface area contributed by atoms with Gasteiger partial charge in [-0.05, 0) is 19.3 Å². The minimum absolute atomic E-state index is 0.154. The quantitative estimate of drug-likeness (QED) is 0.721. The Labute approximate surface area is 106 Å². The predicted molar refractivity (Wildman–Crippen MR) is 63.9 cm³/mol. The molecular formula is C12H17N3O3. The molecule has 0 saturated carbocycles. The Hall–Kier alpha value is -1.85. The maximum atomic E-state index is 12.3. The van der Waals surface area contributed by atoms with Gasteiger partial charge in [0.25, 0.3) is 5.91 Å². The summed E-state index contributed by atoms with van der Waals surface area (Å²) in [7, 11) is 3.11. The van der Waals surface area contributed by atoms with Gasteiger partial charge in [0.1, 0.15) is 6.04 Å². The van der Waals surface area contributed by atoms with Crippen molar-refractivity contribution in [1.29, 1.82) is 0 Å². The van der Waals surface area contributed by atoms with Crippen molar-refractivity contribution >= 4 is 11.9 Å². The van der Waals surface area contributed by atoms with Crippen LogP contribution in [0.15, 0.2) is 12.4 Å². The molecule has 2 rings (SSSR count). The highest BCUT2D eigenvalue weighted by Crippen LogP contribution is 2.20. The van der Waals surface area contributed by atoms with E-state index in [2.05, 4.69) is 5.10 Å². The third kappa shape index (κ3) is 2.37. The molecule has 0 N–H and O–H groups in total. The van der Waals surface area contributed by atoms with Gasteiger partial charge in [-0.15, -0.1) is 0 Å². The largest absolute Gasteiger partial charge is 0.467 e. The highest BCUT2D eigenvalue weighted by molar-refractivity contribution is 5.96. The molecule has 1 amide bonds. The minimum atomic E-state index is -0.462. The molecule has 6 heteroatoms. The average Bonchev–Trinajstić information content (AvgIpc) is 2.83. The van der Waals surface area contributed by atoms with E-state index in [4.69, 9.17) is 4.74 Å². The molecule has 1 aromatic rings. The number of amides is 1. The third-order valence-corrected chi connectivity index (χ3v) is 3.19. The molecule has 1 unspecified atom stereocenters. The topological polar surface area (TPSA) is 64.4 Å². The first-order valence-corrected chi connectivity index (χ1v) is 6.01. The van der Waals surface area contributed by atoms with Crippen LogP contribution in [-0.2, 0) is 16.6 Å². The van der Waals surface area contributed by atoms with E-state index in [-0.39, 0.29) is 11.9 Å². The summed E-state index contributed by atoms with van der Waals surface area (Å²) in [6.07, 6.45) is 5.70. The van der Waals surface area contributed by atoms with Crippen LogP contribution in [-0.4, -0.2) is 46.3 Å². The summed E-state index contributed by atoms with van der Waals surface area (Å²) in [6, 6.07) is -0.462. The smallest absolute Gasteiger partial charge is 0.328 e. The number of ether oxygens (including phenoxy) is 1. The van der Waals surface area contributed by atoms with Gasteiger partial charge in [-0.1, -0.05) is 0 Å². The van der Waals surface area contributed by atoms with E-state index < -0.39 is 6.04 Å². The number of likely N-dealkylation sites (tertiary alicyclic amines) is 1. The maximum Gasteiger partial charge on any atom is 0.328 e. The van der Waals surface area contributed by atoms with E-state index in [0.717, 1.165) is 12.8 Å². The number of rotatable bonds is 2. The standard InChI is InChI=1S/C12H17N3O3/c1-14-8-9(7-13-14)11(16)15-6-4-3-5-10(15)12(17)18-2/h7-8,10H,3-6H2,1-2H3. The molecule has 0 aromatic carbocycles. The molecule has 1 aliphatic rings. The van der Waals surface area contributed by atoms with E-state index in [1.807, 2.05) is 0 Å². The molecule has 1 aromatic heterocycles. The monoisotopic (exact) mass is 251 g/mol. The first-order chi connectivity index (χ1) is 8.63. The number of nitrogens with zero attached hydrogens (tertiary/aromatic N) is 3. The fraction of sp³-hybridized carbons (Fsp3) is 0.583. The normalized spacial score (nSPS) is 19.7. The lowest BCUT2D eigenvalue weighted by atomic mass is 10.0. The predicted octanol–water partition coefficient (Wildman–Crippen LogP) is 0.588. The van der Waals surface area contributed by atoms with Crippen molar-refractivity contribution in [2.24, 2.45) is 7.05 Å². The number of hydrogen-bond donors (Lipinski definition) is 0. The first kappa shape index (κ1) is 12.6. The van der Waals surface area contributed by atoms with Crippen molar-refractivity contribution in [3.8, 4) is 0 Å². The number of methoxy groups -OCH3 is 1. The molecule has 1 saturated heterocycles. The first-order valence-electron chi connectivity index (χ1n) is 6.01. The number of piperidine rings is 1. The Morgan fingerprint density at radius 2 is 2.22 bits per heavy atom. The van der Waals surface area contributed by atoms with Gasteiger partial charge in [0.05, 0.1) is 18.9 Å². The van der Waals surface area contributed by atoms with Gasteiger partial charge in [0.15, 0.2) is 0 Å². The van der Waals surface area contributed by atoms with Gasteiger partial charge in [0, 0.05) is 19.8 Å². The fourth-order valence-electron chi connectivity index (χ4n) is 2.25. The molecule has 1 aliphatic heterocycles. The van der Waals surface area contributed by atoms with Crippen LogP contribution in [0.3, 0.4) is 0 Å². The van der Waals surface area contributed by atoms with Crippen molar-refractivity contribution < 1.29 is 14.3 Å². The average molecular weight is 251 g/mol. The van der Waals surface area contributed by atoms with Crippen molar-refractivity contribution in [2.75, 3.05) is 13.7 Å². The van der Waals surface area contributed by atoms with Crippen LogP contribution < -0.4 is 0 Å². The number of carbonyl (C=O) groups excluding carboxylic acids is 2. The van der Waals surface area contributed by atoms with Gasteiger partial charge in [-0.3, -0.25) is 9.48 Å². The third-order valence-electron chi connectivity index (χ3n) is 3.19. The SMILES string of the molecule is COC(=O)C1CCCCN1C(=O)c1cnn(C)c1. The van der Waals surface area contributed by atoms with E-state index in [9.17, 15) is 9.59 Å². The summed E-state index contributed by atoms with van der Waals surface area (Å²) in [4.78, 5) is 25.6. The molecule has 1 atom stereocenters. The van der Waals surface area contributed by atoms with Crippen molar-refractivity contribution in [1.82, 2.24) is 14.7 Å². The van der Waals surface area contributed by atoms with Crippen molar-refractivity contribution in [3.63, 3.8) is 0 Å². The minimum Gasteiger partial charge on any atom is -0.467 e. The van der Waals surface area contributed by atoms with Crippen LogP contribution in [0.4, 0.5) is 0 Å². The molecule has 1 fully saturated rings.